The summed E-state index contributed by atoms with van der Waals surface area (Å²) < 4.78 is 7.32. The van der Waals surface area contributed by atoms with Gasteiger partial charge in [0, 0.05) is 18.3 Å². The Kier molecular flexibility index (Phi) is 5.68. The van der Waals surface area contributed by atoms with Gasteiger partial charge < -0.3 is 10.1 Å². The van der Waals surface area contributed by atoms with Gasteiger partial charge in [-0.05, 0) is 45.6 Å². The number of carbonyl (C=O) groups excluding carboxylic acids is 1. The number of nitrogens with zero attached hydrogens (tertiary/aromatic N) is 4. The summed E-state index contributed by atoms with van der Waals surface area (Å²) in [6, 6.07) is 3.67. The number of rotatable bonds is 7. The Morgan fingerprint density at radius 2 is 2.15 bits per heavy atom. The van der Waals surface area contributed by atoms with Crippen LogP contribution in [0.1, 0.15) is 42.6 Å². The van der Waals surface area contributed by atoms with Crippen LogP contribution >= 0.6 is 0 Å². The monoisotopic (exact) mass is 373 g/mol. The van der Waals surface area contributed by atoms with E-state index in [4.69, 9.17) is 4.74 Å². The van der Waals surface area contributed by atoms with Crippen LogP contribution in [0.15, 0.2) is 18.3 Å². The molecular weight excluding hydrogens is 350 g/mol. The molecule has 2 aromatic heterocycles. The Hall–Kier alpha value is -2.97. The van der Waals surface area contributed by atoms with Gasteiger partial charge >= 0.3 is 5.69 Å². The highest BCUT2D eigenvalue weighted by atomic mass is 16.6. The Bertz CT molecular complexity index is 842. The molecule has 27 heavy (non-hydrogen) atoms. The average Bonchev–Trinajstić information content (AvgIpc) is 3.22. The van der Waals surface area contributed by atoms with E-state index in [-0.39, 0.29) is 30.8 Å². The van der Waals surface area contributed by atoms with E-state index in [1.807, 2.05) is 6.07 Å². The van der Waals surface area contributed by atoms with E-state index in [0.29, 0.717) is 17.3 Å². The van der Waals surface area contributed by atoms with E-state index in [1.54, 1.807) is 26.1 Å². The molecule has 2 aromatic rings. The molecule has 1 aliphatic rings. The predicted octanol–water partition coefficient (Wildman–Crippen LogP) is 2.44. The molecule has 3 rings (SSSR count). The second-order valence-electron chi connectivity index (χ2n) is 6.70. The van der Waals surface area contributed by atoms with E-state index in [2.05, 4.69) is 15.4 Å². The van der Waals surface area contributed by atoms with Crippen LogP contribution in [-0.2, 0) is 17.9 Å². The molecule has 1 saturated carbocycles. The molecule has 0 spiro atoms. The number of nitro groups is 1. The van der Waals surface area contributed by atoms with Gasteiger partial charge in [0.15, 0.2) is 0 Å². The molecular formula is C18H23N5O4. The second kappa shape index (κ2) is 8.15. The molecule has 0 aliphatic heterocycles. The summed E-state index contributed by atoms with van der Waals surface area (Å²) in [7, 11) is 0. The maximum absolute atomic E-state index is 12.3. The molecule has 0 unspecified atom stereocenters. The van der Waals surface area contributed by atoms with Crippen LogP contribution in [0.5, 0.6) is 5.88 Å². The van der Waals surface area contributed by atoms with Crippen molar-refractivity contribution in [2.75, 3.05) is 0 Å². The van der Waals surface area contributed by atoms with Crippen molar-refractivity contribution in [3.05, 3.63) is 45.4 Å². The summed E-state index contributed by atoms with van der Waals surface area (Å²) in [5.41, 5.74) is 1.41. The molecule has 1 N–H and O–H groups in total. The van der Waals surface area contributed by atoms with E-state index >= 15 is 0 Å². The number of carbonyl (C=O) groups is 1. The van der Waals surface area contributed by atoms with Crippen molar-refractivity contribution >= 4 is 11.6 Å². The van der Waals surface area contributed by atoms with Crippen molar-refractivity contribution in [2.45, 2.75) is 58.7 Å². The summed E-state index contributed by atoms with van der Waals surface area (Å²) in [6.07, 6.45) is 6.24. The zero-order chi connectivity index (χ0) is 19.4. The first-order valence-corrected chi connectivity index (χ1v) is 9.01. The third-order valence-corrected chi connectivity index (χ3v) is 4.73. The summed E-state index contributed by atoms with van der Waals surface area (Å²) in [5.74, 6) is 0.262. The lowest BCUT2D eigenvalue weighted by molar-refractivity contribution is -0.386. The van der Waals surface area contributed by atoms with Crippen LogP contribution in [0.25, 0.3) is 0 Å². The van der Waals surface area contributed by atoms with Gasteiger partial charge in [0.25, 0.3) is 0 Å². The number of ether oxygens (including phenoxy) is 1. The van der Waals surface area contributed by atoms with Crippen molar-refractivity contribution in [1.82, 2.24) is 20.1 Å². The molecule has 9 heteroatoms. The minimum Gasteiger partial charge on any atom is -0.474 e. The fourth-order valence-corrected chi connectivity index (χ4v) is 3.32. The fourth-order valence-electron chi connectivity index (χ4n) is 3.32. The van der Waals surface area contributed by atoms with E-state index in [9.17, 15) is 14.9 Å². The quantitative estimate of drug-likeness (QED) is 0.589. The largest absolute Gasteiger partial charge is 0.474 e. The maximum Gasteiger partial charge on any atom is 0.312 e. The third kappa shape index (κ3) is 4.42. The first-order valence-electron chi connectivity index (χ1n) is 9.01. The lowest BCUT2D eigenvalue weighted by Crippen LogP contribution is -2.28. The minimum atomic E-state index is -0.478. The SMILES string of the molecule is Cc1nn(CC(=O)NCc2cccnc2OC2CCCC2)c(C)c1[N+](=O)[O-]. The fraction of sp³-hybridized carbons (Fsp3) is 0.500. The predicted molar refractivity (Wildman–Crippen MR) is 97.3 cm³/mol. The first-order chi connectivity index (χ1) is 13.0. The number of hydrogen-bond acceptors (Lipinski definition) is 6. The van der Waals surface area contributed by atoms with Crippen LogP contribution in [-0.4, -0.2) is 31.7 Å². The molecule has 1 aliphatic carbocycles. The van der Waals surface area contributed by atoms with Gasteiger partial charge in [-0.15, -0.1) is 0 Å². The number of aromatic nitrogens is 3. The van der Waals surface area contributed by atoms with Gasteiger partial charge in [0.1, 0.15) is 24.0 Å². The Morgan fingerprint density at radius 1 is 1.41 bits per heavy atom. The molecule has 0 saturated heterocycles. The van der Waals surface area contributed by atoms with Gasteiger partial charge in [0.2, 0.25) is 11.8 Å². The molecule has 9 nitrogen and oxygen atoms in total. The van der Waals surface area contributed by atoms with Crippen LogP contribution in [0.3, 0.4) is 0 Å². The summed E-state index contributed by atoms with van der Waals surface area (Å²) in [4.78, 5) is 27.2. The summed E-state index contributed by atoms with van der Waals surface area (Å²) in [5, 5.41) is 18.0. The highest BCUT2D eigenvalue weighted by molar-refractivity contribution is 5.75. The summed E-state index contributed by atoms with van der Waals surface area (Å²) in [6.45, 7) is 3.33. The number of nitrogens with one attached hydrogen (secondary N) is 1. The molecule has 0 aromatic carbocycles. The van der Waals surface area contributed by atoms with Gasteiger partial charge in [-0.1, -0.05) is 6.07 Å². The zero-order valence-electron chi connectivity index (χ0n) is 15.5. The van der Waals surface area contributed by atoms with Crippen molar-refractivity contribution < 1.29 is 14.5 Å². The third-order valence-electron chi connectivity index (χ3n) is 4.73. The van der Waals surface area contributed by atoms with Crippen LogP contribution < -0.4 is 10.1 Å². The highest BCUT2D eigenvalue weighted by Crippen LogP contribution is 2.25. The average molecular weight is 373 g/mol. The molecule has 0 radical (unpaired) electrons. The molecule has 1 fully saturated rings. The number of amides is 1. The van der Waals surface area contributed by atoms with Gasteiger partial charge in [0.05, 0.1) is 4.92 Å². The number of pyridine rings is 1. The molecule has 2 heterocycles. The standard InChI is InChI=1S/C18H23N5O4/c1-12-17(23(25)26)13(2)22(21-12)11-16(24)20-10-14-6-5-9-19-18(14)27-15-7-3-4-8-15/h5-6,9,15H,3-4,7-8,10-11H2,1-2H3,(H,20,24). The Labute approximate surface area is 156 Å². The topological polar surface area (TPSA) is 112 Å². The van der Waals surface area contributed by atoms with Crippen molar-refractivity contribution in [1.29, 1.82) is 0 Å². The van der Waals surface area contributed by atoms with E-state index < -0.39 is 4.92 Å². The van der Waals surface area contributed by atoms with Gasteiger partial charge in [-0.25, -0.2) is 4.98 Å². The maximum atomic E-state index is 12.3. The van der Waals surface area contributed by atoms with Crippen LogP contribution in [0, 0.1) is 24.0 Å². The van der Waals surface area contributed by atoms with Gasteiger partial charge in [-0.3, -0.25) is 19.6 Å². The normalized spacial score (nSPS) is 14.3. The van der Waals surface area contributed by atoms with Crippen molar-refractivity contribution in [3.8, 4) is 5.88 Å². The Balaban J connectivity index is 1.61. The number of aryl methyl sites for hydroxylation is 1. The Morgan fingerprint density at radius 3 is 2.81 bits per heavy atom. The first kappa shape index (κ1) is 18.8. The van der Waals surface area contributed by atoms with Gasteiger partial charge in [-0.2, -0.15) is 5.10 Å². The smallest absolute Gasteiger partial charge is 0.312 e. The highest BCUT2D eigenvalue weighted by Gasteiger charge is 2.23. The van der Waals surface area contributed by atoms with Crippen LogP contribution in [0.4, 0.5) is 5.69 Å². The van der Waals surface area contributed by atoms with Crippen molar-refractivity contribution in [2.24, 2.45) is 0 Å². The zero-order valence-corrected chi connectivity index (χ0v) is 15.5. The van der Waals surface area contributed by atoms with E-state index in [0.717, 1.165) is 18.4 Å². The molecule has 1 amide bonds. The summed E-state index contributed by atoms with van der Waals surface area (Å²) >= 11 is 0. The molecule has 0 bridgehead atoms. The van der Waals surface area contributed by atoms with E-state index in [1.165, 1.54) is 17.5 Å². The van der Waals surface area contributed by atoms with Crippen LogP contribution in [0.2, 0.25) is 0 Å². The molecule has 144 valence electrons. The minimum absolute atomic E-state index is 0.0534. The number of hydrogen-bond donors (Lipinski definition) is 1. The second-order valence-corrected chi connectivity index (χ2v) is 6.70. The lowest BCUT2D eigenvalue weighted by atomic mass is 10.2. The molecule has 0 atom stereocenters. The lowest BCUT2D eigenvalue weighted by Gasteiger charge is -2.15. The van der Waals surface area contributed by atoms with Crippen molar-refractivity contribution in [3.63, 3.8) is 0 Å².